The lowest BCUT2D eigenvalue weighted by Gasteiger charge is -2.25. The molecule has 10 nitrogen and oxygen atoms in total. The zero-order valence-corrected chi connectivity index (χ0v) is 16.5. The van der Waals surface area contributed by atoms with Crippen LogP contribution in [0.2, 0.25) is 0 Å². The fourth-order valence-corrected chi connectivity index (χ4v) is 2.18. The van der Waals surface area contributed by atoms with E-state index in [1.807, 2.05) is 13.8 Å². The Bertz CT molecular complexity index is 538. The molecule has 3 amide bonds. The minimum atomic E-state index is -1.36. The highest BCUT2D eigenvalue weighted by molar-refractivity contribution is 5.92. The lowest BCUT2D eigenvalue weighted by Crippen LogP contribution is -2.58. The largest absolute Gasteiger partial charge is 0.480 e. The Kier molecular flexibility index (Phi) is 10.6. The molecule has 5 unspecified atom stereocenters. The molecule has 0 aromatic carbocycles. The van der Waals surface area contributed by atoms with Gasteiger partial charge in [-0.1, -0.05) is 34.1 Å². The van der Waals surface area contributed by atoms with E-state index < -0.39 is 60.4 Å². The molecular formula is C17H32N4O6. The second kappa shape index (κ2) is 11.5. The molecule has 5 atom stereocenters. The van der Waals surface area contributed by atoms with E-state index in [0.717, 1.165) is 0 Å². The molecule has 0 aliphatic heterocycles. The molecule has 0 aromatic rings. The van der Waals surface area contributed by atoms with Crippen LogP contribution in [0, 0.1) is 11.8 Å². The van der Waals surface area contributed by atoms with E-state index in [2.05, 4.69) is 16.0 Å². The Morgan fingerprint density at radius 2 is 1.52 bits per heavy atom. The maximum Gasteiger partial charge on any atom is 0.326 e. The zero-order chi connectivity index (χ0) is 21.3. The van der Waals surface area contributed by atoms with Crippen LogP contribution in [0.15, 0.2) is 0 Å². The first-order valence-corrected chi connectivity index (χ1v) is 8.96. The van der Waals surface area contributed by atoms with Crippen LogP contribution < -0.4 is 21.7 Å². The van der Waals surface area contributed by atoms with Crippen molar-refractivity contribution >= 4 is 23.7 Å². The molecule has 0 bridgehead atoms. The lowest BCUT2D eigenvalue weighted by atomic mass is 9.99. The topological polar surface area (TPSA) is 171 Å². The van der Waals surface area contributed by atoms with E-state index in [1.54, 1.807) is 13.8 Å². The highest BCUT2D eigenvalue weighted by Gasteiger charge is 2.31. The first kappa shape index (κ1) is 24.8. The van der Waals surface area contributed by atoms with E-state index in [-0.39, 0.29) is 5.92 Å². The summed E-state index contributed by atoms with van der Waals surface area (Å²) in [5, 5.41) is 25.8. The van der Waals surface area contributed by atoms with Crippen LogP contribution in [-0.2, 0) is 19.2 Å². The summed E-state index contributed by atoms with van der Waals surface area (Å²) >= 11 is 0. The summed E-state index contributed by atoms with van der Waals surface area (Å²) in [6.07, 6.45) is -0.570. The van der Waals surface area contributed by atoms with Gasteiger partial charge in [-0.2, -0.15) is 0 Å². The molecule has 7 N–H and O–H groups in total. The van der Waals surface area contributed by atoms with Crippen molar-refractivity contribution in [2.45, 2.75) is 65.3 Å². The van der Waals surface area contributed by atoms with E-state index in [0.29, 0.717) is 6.42 Å². The van der Waals surface area contributed by atoms with Gasteiger partial charge < -0.3 is 31.9 Å². The molecule has 0 saturated heterocycles. The predicted molar refractivity (Wildman–Crippen MR) is 98.5 cm³/mol. The second-order valence-electron chi connectivity index (χ2n) is 6.98. The fraction of sp³-hybridized carbons (Fsp3) is 0.765. The third kappa shape index (κ3) is 8.35. The first-order valence-electron chi connectivity index (χ1n) is 8.96. The van der Waals surface area contributed by atoms with Crippen molar-refractivity contribution in [3.63, 3.8) is 0 Å². The summed E-state index contributed by atoms with van der Waals surface area (Å²) in [6.45, 7) is 7.79. The predicted octanol–water partition coefficient (Wildman–Crippen LogP) is -1.43. The Labute approximate surface area is 159 Å². The van der Waals surface area contributed by atoms with Crippen molar-refractivity contribution in [1.29, 1.82) is 0 Å². The Balaban J connectivity index is 4.81. The van der Waals surface area contributed by atoms with Gasteiger partial charge in [0, 0.05) is 0 Å². The maximum absolute atomic E-state index is 12.3. The van der Waals surface area contributed by atoms with Gasteiger partial charge in [-0.05, 0) is 18.8 Å². The third-order valence-electron chi connectivity index (χ3n) is 4.29. The van der Waals surface area contributed by atoms with Crippen molar-refractivity contribution < 1.29 is 29.4 Å². The molecule has 0 aliphatic carbocycles. The van der Waals surface area contributed by atoms with Crippen LogP contribution >= 0.6 is 0 Å². The summed E-state index contributed by atoms with van der Waals surface area (Å²) in [5.41, 5.74) is 5.76. The van der Waals surface area contributed by atoms with Gasteiger partial charge >= 0.3 is 5.97 Å². The number of rotatable bonds is 11. The summed E-state index contributed by atoms with van der Waals surface area (Å²) in [6, 6.07) is -3.29. The maximum atomic E-state index is 12.3. The molecule has 27 heavy (non-hydrogen) atoms. The number of nitrogens with one attached hydrogen (secondary N) is 3. The lowest BCUT2D eigenvalue weighted by molar-refractivity contribution is -0.144. The average Bonchev–Trinajstić information content (AvgIpc) is 2.59. The molecule has 156 valence electrons. The number of nitrogens with two attached hydrogens (primary N) is 1. The summed E-state index contributed by atoms with van der Waals surface area (Å²) in [7, 11) is 0. The molecule has 0 rings (SSSR count). The van der Waals surface area contributed by atoms with Crippen molar-refractivity contribution in [2.75, 3.05) is 6.54 Å². The van der Waals surface area contributed by atoms with Crippen LogP contribution in [-0.4, -0.2) is 64.7 Å². The molecule has 0 aromatic heterocycles. The van der Waals surface area contributed by atoms with Gasteiger partial charge in [-0.3, -0.25) is 14.4 Å². The number of carbonyl (C=O) groups excluding carboxylic acids is 3. The van der Waals surface area contributed by atoms with Crippen molar-refractivity contribution in [1.82, 2.24) is 16.0 Å². The zero-order valence-electron chi connectivity index (χ0n) is 16.5. The number of carboxylic acids is 1. The Hall–Kier alpha value is -2.20. The number of aliphatic hydroxyl groups is 1. The van der Waals surface area contributed by atoms with Crippen LogP contribution in [0.25, 0.3) is 0 Å². The van der Waals surface area contributed by atoms with Crippen molar-refractivity contribution in [3.05, 3.63) is 0 Å². The van der Waals surface area contributed by atoms with E-state index in [1.165, 1.54) is 6.92 Å². The van der Waals surface area contributed by atoms with E-state index in [9.17, 15) is 24.3 Å². The summed E-state index contributed by atoms with van der Waals surface area (Å²) in [5.74, 6) is -3.71. The van der Waals surface area contributed by atoms with Crippen molar-refractivity contribution in [2.24, 2.45) is 17.6 Å². The summed E-state index contributed by atoms with van der Waals surface area (Å²) in [4.78, 5) is 47.3. The number of carbonyl (C=O) groups is 4. The Morgan fingerprint density at radius 1 is 0.963 bits per heavy atom. The third-order valence-corrected chi connectivity index (χ3v) is 4.29. The van der Waals surface area contributed by atoms with Gasteiger partial charge in [-0.15, -0.1) is 0 Å². The minimum absolute atomic E-state index is 0.0620. The highest BCUT2D eigenvalue weighted by atomic mass is 16.4. The van der Waals surface area contributed by atoms with Crippen LogP contribution in [0.3, 0.4) is 0 Å². The molecule has 0 radical (unpaired) electrons. The van der Waals surface area contributed by atoms with Crippen LogP contribution in [0.4, 0.5) is 0 Å². The Morgan fingerprint density at radius 3 is 1.93 bits per heavy atom. The number of aliphatic carboxylic acids is 1. The van der Waals surface area contributed by atoms with Gasteiger partial charge in [0.25, 0.3) is 0 Å². The average molecular weight is 388 g/mol. The number of aliphatic hydroxyl groups excluding tert-OH is 1. The first-order chi connectivity index (χ1) is 12.4. The van der Waals surface area contributed by atoms with Crippen molar-refractivity contribution in [3.8, 4) is 0 Å². The number of hydrogen-bond acceptors (Lipinski definition) is 6. The van der Waals surface area contributed by atoms with Gasteiger partial charge in [0.05, 0.1) is 18.7 Å². The standard InChI is InChI=1S/C17H32N4O6/c1-6-9(4)12(18)15(24)19-7-11(23)20-14(10(5)22)16(25)21-13(8(2)3)17(26)27/h8-10,12-14,22H,6-7,18H2,1-5H3,(H,19,24)(H,20,23)(H,21,25)(H,26,27). The van der Waals surface area contributed by atoms with Gasteiger partial charge in [-0.25, -0.2) is 4.79 Å². The van der Waals surface area contributed by atoms with Gasteiger partial charge in [0.2, 0.25) is 17.7 Å². The fourth-order valence-electron chi connectivity index (χ4n) is 2.18. The van der Waals surface area contributed by atoms with Gasteiger partial charge in [0.1, 0.15) is 12.1 Å². The highest BCUT2D eigenvalue weighted by Crippen LogP contribution is 2.05. The number of hydrogen-bond donors (Lipinski definition) is 6. The van der Waals surface area contributed by atoms with E-state index >= 15 is 0 Å². The van der Waals surface area contributed by atoms with Gasteiger partial charge in [0.15, 0.2) is 0 Å². The normalized spacial score (nSPS) is 16.6. The minimum Gasteiger partial charge on any atom is -0.480 e. The second-order valence-corrected chi connectivity index (χ2v) is 6.98. The molecule has 0 spiro atoms. The number of amides is 3. The smallest absolute Gasteiger partial charge is 0.326 e. The van der Waals surface area contributed by atoms with Crippen LogP contribution in [0.1, 0.15) is 41.0 Å². The molecule has 0 fully saturated rings. The number of carboxylic acid groups (broad SMARTS) is 1. The molecule has 10 heteroatoms. The molecule has 0 aliphatic rings. The molecular weight excluding hydrogens is 356 g/mol. The molecule has 0 saturated carbocycles. The molecule has 0 heterocycles. The monoisotopic (exact) mass is 388 g/mol. The van der Waals surface area contributed by atoms with E-state index in [4.69, 9.17) is 10.8 Å². The quantitative estimate of drug-likeness (QED) is 0.252. The SMILES string of the molecule is CCC(C)C(N)C(=O)NCC(=O)NC(C(=O)NC(C(=O)O)C(C)C)C(C)O. The van der Waals surface area contributed by atoms with Crippen LogP contribution in [0.5, 0.6) is 0 Å². The summed E-state index contributed by atoms with van der Waals surface area (Å²) < 4.78 is 0.